The van der Waals surface area contributed by atoms with E-state index in [0.717, 1.165) is 25.5 Å². The predicted molar refractivity (Wildman–Crippen MR) is 77.2 cm³/mol. The van der Waals surface area contributed by atoms with E-state index in [4.69, 9.17) is 10.5 Å². The minimum Gasteiger partial charge on any atom is -0.398 e. The zero-order chi connectivity index (χ0) is 14.8. The van der Waals surface area contributed by atoms with Gasteiger partial charge in [0.15, 0.2) is 0 Å². The predicted octanol–water partition coefficient (Wildman–Crippen LogP) is 1.88. The van der Waals surface area contributed by atoms with Crippen LogP contribution in [0.25, 0.3) is 0 Å². The van der Waals surface area contributed by atoms with Crippen molar-refractivity contribution in [1.82, 2.24) is 4.72 Å². The van der Waals surface area contributed by atoms with E-state index >= 15 is 0 Å². The molecule has 1 saturated heterocycles. The summed E-state index contributed by atoms with van der Waals surface area (Å²) in [4.78, 5) is -0.123. The Bertz CT molecular complexity index is 589. The zero-order valence-corrected chi connectivity index (χ0v) is 13.1. The molecule has 0 spiro atoms. The number of nitrogens with two attached hydrogens (primary N) is 1. The average molecular weight is 367 g/mol. The molecule has 0 aliphatic carbocycles. The largest absolute Gasteiger partial charge is 0.398 e. The molecule has 2 rings (SSSR count). The summed E-state index contributed by atoms with van der Waals surface area (Å²) in [5.74, 6) is -0.439. The highest BCUT2D eigenvalue weighted by atomic mass is 79.9. The van der Waals surface area contributed by atoms with Crippen molar-refractivity contribution < 1.29 is 17.5 Å². The molecule has 1 heterocycles. The van der Waals surface area contributed by atoms with Crippen LogP contribution in [0, 0.1) is 11.7 Å². The lowest BCUT2D eigenvalue weighted by Crippen LogP contribution is -2.33. The maximum Gasteiger partial charge on any atom is 0.242 e. The number of nitrogens with one attached hydrogen (secondary N) is 1. The van der Waals surface area contributed by atoms with Crippen molar-refractivity contribution in [2.24, 2.45) is 5.92 Å². The first-order valence-electron chi connectivity index (χ1n) is 6.22. The van der Waals surface area contributed by atoms with Crippen LogP contribution < -0.4 is 10.5 Å². The number of benzene rings is 1. The molecule has 1 aromatic rings. The third-order valence-corrected chi connectivity index (χ3v) is 5.25. The summed E-state index contributed by atoms with van der Waals surface area (Å²) in [6.45, 7) is 1.56. The Labute approximate surface area is 125 Å². The molecule has 112 valence electrons. The van der Waals surface area contributed by atoms with Crippen molar-refractivity contribution >= 4 is 31.6 Å². The molecule has 0 amide bonds. The molecule has 1 unspecified atom stereocenters. The van der Waals surface area contributed by atoms with Gasteiger partial charge in [-0.1, -0.05) is 0 Å². The minimum absolute atomic E-state index is 0.0630. The zero-order valence-electron chi connectivity index (χ0n) is 10.7. The van der Waals surface area contributed by atoms with E-state index in [9.17, 15) is 12.8 Å². The Kier molecular flexibility index (Phi) is 5.00. The van der Waals surface area contributed by atoms with Crippen LogP contribution in [0.4, 0.5) is 10.1 Å². The molecular formula is C12H16BrFN2O3S. The van der Waals surface area contributed by atoms with E-state index in [1.807, 2.05) is 0 Å². The molecule has 0 bridgehead atoms. The van der Waals surface area contributed by atoms with Crippen LogP contribution in [0.1, 0.15) is 12.8 Å². The normalized spacial score (nSPS) is 20.0. The van der Waals surface area contributed by atoms with Crippen molar-refractivity contribution in [1.29, 1.82) is 0 Å². The molecule has 1 atom stereocenters. The summed E-state index contributed by atoms with van der Waals surface area (Å²) in [6.07, 6.45) is 1.85. The summed E-state index contributed by atoms with van der Waals surface area (Å²) in [6, 6.07) is 2.16. The average Bonchev–Trinajstić information content (AvgIpc) is 2.42. The maximum atomic E-state index is 13.3. The quantitative estimate of drug-likeness (QED) is 0.797. The number of ether oxygens (including phenoxy) is 1. The van der Waals surface area contributed by atoms with Gasteiger partial charge in [-0.05, 0) is 46.8 Å². The number of hydrogen-bond donors (Lipinski definition) is 2. The molecule has 0 aromatic heterocycles. The minimum atomic E-state index is -3.76. The van der Waals surface area contributed by atoms with Crippen LogP contribution in [0.3, 0.4) is 0 Å². The van der Waals surface area contributed by atoms with Gasteiger partial charge in [0.05, 0.1) is 16.8 Å². The van der Waals surface area contributed by atoms with Crippen molar-refractivity contribution in [3.63, 3.8) is 0 Å². The smallest absolute Gasteiger partial charge is 0.242 e. The second-order valence-electron chi connectivity index (χ2n) is 4.74. The fourth-order valence-corrected chi connectivity index (χ4v) is 3.80. The summed E-state index contributed by atoms with van der Waals surface area (Å²) >= 11 is 2.96. The van der Waals surface area contributed by atoms with Crippen molar-refractivity contribution in [3.8, 4) is 0 Å². The van der Waals surface area contributed by atoms with Crippen LogP contribution in [0.5, 0.6) is 0 Å². The second-order valence-corrected chi connectivity index (χ2v) is 7.33. The van der Waals surface area contributed by atoms with Crippen molar-refractivity contribution in [2.45, 2.75) is 17.7 Å². The highest BCUT2D eigenvalue weighted by Crippen LogP contribution is 2.26. The molecule has 1 aliphatic rings. The van der Waals surface area contributed by atoms with E-state index in [1.165, 1.54) is 6.07 Å². The van der Waals surface area contributed by atoms with Crippen LogP contribution in [0.2, 0.25) is 0 Å². The Morgan fingerprint density at radius 3 is 2.90 bits per heavy atom. The van der Waals surface area contributed by atoms with Crippen molar-refractivity contribution in [3.05, 3.63) is 22.4 Å². The van der Waals surface area contributed by atoms with E-state index < -0.39 is 15.8 Å². The van der Waals surface area contributed by atoms with Crippen LogP contribution in [0.15, 0.2) is 21.5 Å². The lowest BCUT2D eigenvalue weighted by molar-refractivity contribution is 0.0568. The molecule has 3 N–H and O–H groups in total. The Morgan fingerprint density at radius 1 is 1.50 bits per heavy atom. The number of hydrogen-bond acceptors (Lipinski definition) is 4. The molecule has 1 fully saturated rings. The molecule has 8 heteroatoms. The van der Waals surface area contributed by atoms with E-state index in [-0.39, 0.29) is 27.5 Å². The number of sulfonamides is 1. The second kappa shape index (κ2) is 6.38. The van der Waals surface area contributed by atoms with Gasteiger partial charge in [0.25, 0.3) is 0 Å². The molecule has 20 heavy (non-hydrogen) atoms. The third-order valence-electron chi connectivity index (χ3n) is 3.16. The van der Waals surface area contributed by atoms with Gasteiger partial charge < -0.3 is 10.5 Å². The van der Waals surface area contributed by atoms with Gasteiger partial charge in [0.1, 0.15) is 10.7 Å². The van der Waals surface area contributed by atoms with Gasteiger partial charge in [-0.25, -0.2) is 17.5 Å². The highest BCUT2D eigenvalue weighted by Gasteiger charge is 2.22. The fraction of sp³-hybridized carbons (Fsp3) is 0.500. The first kappa shape index (κ1) is 15.7. The molecular weight excluding hydrogens is 351 g/mol. The van der Waals surface area contributed by atoms with Gasteiger partial charge in [-0.15, -0.1) is 0 Å². The standard InChI is InChI=1S/C12H16BrFN2O3S/c13-9-4-12(11(15)5-10(9)14)20(17,18)16-6-8-2-1-3-19-7-8/h4-5,8,16H,1-3,6-7,15H2. The lowest BCUT2D eigenvalue weighted by Gasteiger charge is -2.22. The van der Waals surface area contributed by atoms with Gasteiger partial charge in [0, 0.05) is 13.2 Å². The monoisotopic (exact) mass is 366 g/mol. The first-order chi connectivity index (χ1) is 9.40. The third kappa shape index (κ3) is 3.69. The first-order valence-corrected chi connectivity index (χ1v) is 8.49. The summed E-state index contributed by atoms with van der Waals surface area (Å²) in [5.41, 5.74) is 5.47. The van der Waals surface area contributed by atoms with Crippen LogP contribution >= 0.6 is 15.9 Å². The Hall–Kier alpha value is -0.700. The number of nitrogen functional groups attached to an aromatic ring is 1. The van der Waals surface area contributed by atoms with Gasteiger partial charge in [0.2, 0.25) is 10.0 Å². The number of halogens is 2. The fourth-order valence-electron chi connectivity index (χ4n) is 2.05. The van der Waals surface area contributed by atoms with Crippen LogP contribution in [-0.2, 0) is 14.8 Å². The van der Waals surface area contributed by atoms with Gasteiger partial charge >= 0.3 is 0 Å². The van der Waals surface area contributed by atoms with E-state index in [1.54, 1.807) is 0 Å². The maximum absolute atomic E-state index is 13.3. The summed E-state index contributed by atoms with van der Waals surface area (Å²) in [7, 11) is -3.76. The lowest BCUT2D eigenvalue weighted by atomic mass is 10.0. The Balaban J connectivity index is 2.11. The SMILES string of the molecule is Nc1cc(F)c(Br)cc1S(=O)(=O)NCC1CCCOC1. The topological polar surface area (TPSA) is 81.4 Å². The van der Waals surface area contributed by atoms with Crippen molar-refractivity contribution in [2.75, 3.05) is 25.5 Å². The molecule has 5 nitrogen and oxygen atoms in total. The highest BCUT2D eigenvalue weighted by molar-refractivity contribution is 9.10. The van der Waals surface area contributed by atoms with Gasteiger partial charge in [-0.3, -0.25) is 0 Å². The molecule has 0 saturated carbocycles. The number of anilines is 1. The summed E-state index contributed by atoms with van der Waals surface area (Å²) < 4.78 is 45.5. The van der Waals surface area contributed by atoms with E-state index in [0.29, 0.717) is 6.61 Å². The van der Waals surface area contributed by atoms with E-state index in [2.05, 4.69) is 20.7 Å². The molecule has 1 aliphatic heterocycles. The molecule has 1 aromatic carbocycles. The summed E-state index contributed by atoms with van der Waals surface area (Å²) in [5, 5.41) is 0. The Morgan fingerprint density at radius 2 is 2.25 bits per heavy atom. The molecule has 0 radical (unpaired) electrons. The number of rotatable bonds is 4. The van der Waals surface area contributed by atoms with Gasteiger partial charge in [-0.2, -0.15) is 0 Å². The van der Waals surface area contributed by atoms with Crippen LogP contribution in [-0.4, -0.2) is 28.2 Å².